The third-order valence-electron chi connectivity index (χ3n) is 5.29. The van der Waals surface area contributed by atoms with Gasteiger partial charge in [0.15, 0.2) is 5.82 Å². The summed E-state index contributed by atoms with van der Waals surface area (Å²) in [6.07, 6.45) is 3.57. The molecule has 4 rings (SSSR count). The molecular weight excluding hydrogens is 390 g/mol. The highest BCUT2D eigenvalue weighted by atomic mass is 16.5. The fourth-order valence-electron chi connectivity index (χ4n) is 3.59. The van der Waals surface area contributed by atoms with E-state index in [4.69, 9.17) is 9.47 Å². The van der Waals surface area contributed by atoms with Crippen LogP contribution >= 0.6 is 0 Å². The minimum absolute atomic E-state index is 0.0551. The summed E-state index contributed by atoms with van der Waals surface area (Å²) in [5.74, 6) is 1.43. The molecule has 0 radical (unpaired) electrons. The Morgan fingerprint density at radius 2 is 1.94 bits per heavy atom. The SMILES string of the molecule is CC(C)c1ccccc1Oc1nc(-c2ccccc2)ncc1C(=O)NCC1CCCO1. The summed E-state index contributed by atoms with van der Waals surface area (Å²) in [5.41, 5.74) is 2.21. The molecule has 6 nitrogen and oxygen atoms in total. The van der Waals surface area contributed by atoms with E-state index in [1.807, 2.05) is 54.6 Å². The minimum Gasteiger partial charge on any atom is -0.438 e. The second-order valence-corrected chi connectivity index (χ2v) is 7.92. The zero-order valence-corrected chi connectivity index (χ0v) is 17.9. The zero-order valence-electron chi connectivity index (χ0n) is 17.9. The number of carbonyl (C=O) groups is 1. The van der Waals surface area contributed by atoms with E-state index >= 15 is 0 Å². The van der Waals surface area contributed by atoms with E-state index in [1.165, 1.54) is 6.20 Å². The van der Waals surface area contributed by atoms with Crippen LogP contribution in [0.5, 0.6) is 11.6 Å². The van der Waals surface area contributed by atoms with Crippen LogP contribution in [-0.2, 0) is 4.74 Å². The van der Waals surface area contributed by atoms with Crippen LogP contribution in [0.25, 0.3) is 11.4 Å². The number of benzene rings is 2. The van der Waals surface area contributed by atoms with Crippen molar-refractivity contribution in [2.45, 2.75) is 38.7 Å². The Bertz CT molecular complexity index is 1030. The fraction of sp³-hybridized carbons (Fsp3) is 0.320. The molecule has 6 heteroatoms. The molecule has 2 heterocycles. The fourth-order valence-corrected chi connectivity index (χ4v) is 3.59. The van der Waals surface area contributed by atoms with Gasteiger partial charge in [-0.1, -0.05) is 62.4 Å². The molecule has 0 bridgehead atoms. The van der Waals surface area contributed by atoms with Crippen LogP contribution in [-0.4, -0.2) is 35.1 Å². The number of aromatic nitrogens is 2. The van der Waals surface area contributed by atoms with Crippen molar-refractivity contribution in [1.29, 1.82) is 0 Å². The maximum atomic E-state index is 13.0. The van der Waals surface area contributed by atoms with Gasteiger partial charge in [0.1, 0.15) is 11.3 Å². The van der Waals surface area contributed by atoms with Crippen molar-refractivity contribution < 1.29 is 14.3 Å². The lowest BCUT2D eigenvalue weighted by Gasteiger charge is -2.16. The Kier molecular flexibility index (Phi) is 6.57. The van der Waals surface area contributed by atoms with Crippen LogP contribution in [0.2, 0.25) is 0 Å². The Morgan fingerprint density at radius 1 is 1.16 bits per heavy atom. The molecule has 1 fully saturated rings. The number of para-hydroxylation sites is 1. The molecule has 31 heavy (non-hydrogen) atoms. The van der Waals surface area contributed by atoms with Crippen molar-refractivity contribution in [3.8, 4) is 23.0 Å². The van der Waals surface area contributed by atoms with Gasteiger partial charge in [0.2, 0.25) is 5.88 Å². The lowest BCUT2D eigenvalue weighted by molar-refractivity contribution is 0.0855. The molecule has 160 valence electrons. The Balaban J connectivity index is 1.66. The lowest BCUT2D eigenvalue weighted by atomic mass is 10.0. The molecule has 1 saturated heterocycles. The highest BCUT2D eigenvalue weighted by molar-refractivity contribution is 5.96. The molecule has 1 N–H and O–H groups in total. The van der Waals surface area contributed by atoms with Crippen LogP contribution in [0.1, 0.15) is 48.5 Å². The van der Waals surface area contributed by atoms with E-state index in [9.17, 15) is 4.79 Å². The molecule has 2 aromatic carbocycles. The van der Waals surface area contributed by atoms with Gasteiger partial charge in [-0.3, -0.25) is 4.79 Å². The highest BCUT2D eigenvalue weighted by Crippen LogP contribution is 2.32. The first-order chi connectivity index (χ1) is 15.1. The molecule has 1 unspecified atom stereocenters. The first-order valence-corrected chi connectivity index (χ1v) is 10.7. The number of carbonyl (C=O) groups excluding carboxylic acids is 1. The predicted octanol–water partition coefficient (Wildman–Crippen LogP) is 4.97. The largest absolute Gasteiger partial charge is 0.438 e. The molecule has 3 aromatic rings. The van der Waals surface area contributed by atoms with E-state index in [0.29, 0.717) is 23.7 Å². The molecule has 0 saturated carbocycles. The van der Waals surface area contributed by atoms with Crippen molar-refractivity contribution in [3.63, 3.8) is 0 Å². The normalized spacial score (nSPS) is 15.8. The van der Waals surface area contributed by atoms with Gasteiger partial charge in [-0.2, -0.15) is 4.98 Å². The van der Waals surface area contributed by atoms with Crippen LogP contribution < -0.4 is 10.1 Å². The number of rotatable bonds is 7. The summed E-state index contributed by atoms with van der Waals surface area (Å²) in [4.78, 5) is 22.0. The summed E-state index contributed by atoms with van der Waals surface area (Å²) in [6, 6.07) is 17.5. The summed E-state index contributed by atoms with van der Waals surface area (Å²) >= 11 is 0. The molecule has 1 amide bonds. The summed E-state index contributed by atoms with van der Waals surface area (Å²) < 4.78 is 11.8. The Labute approximate surface area is 182 Å². The molecule has 0 spiro atoms. The zero-order chi connectivity index (χ0) is 21.6. The number of hydrogen-bond donors (Lipinski definition) is 1. The van der Waals surface area contributed by atoms with Gasteiger partial charge in [0.05, 0.1) is 6.10 Å². The average molecular weight is 418 g/mol. The second-order valence-electron chi connectivity index (χ2n) is 7.92. The van der Waals surface area contributed by atoms with E-state index < -0.39 is 0 Å². The predicted molar refractivity (Wildman–Crippen MR) is 119 cm³/mol. The van der Waals surface area contributed by atoms with Crippen molar-refractivity contribution in [2.24, 2.45) is 0 Å². The van der Waals surface area contributed by atoms with Crippen molar-refractivity contribution in [1.82, 2.24) is 15.3 Å². The molecular formula is C25H27N3O3. The molecule has 1 atom stereocenters. The van der Waals surface area contributed by atoms with Gasteiger partial charge < -0.3 is 14.8 Å². The van der Waals surface area contributed by atoms with Crippen LogP contribution in [0.15, 0.2) is 60.8 Å². The first-order valence-electron chi connectivity index (χ1n) is 10.7. The third kappa shape index (κ3) is 5.09. The second kappa shape index (κ2) is 9.71. The summed E-state index contributed by atoms with van der Waals surface area (Å²) in [5, 5.41) is 2.94. The van der Waals surface area contributed by atoms with Gasteiger partial charge >= 0.3 is 0 Å². The molecule has 1 aliphatic rings. The van der Waals surface area contributed by atoms with E-state index in [-0.39, 0.29) is 23.8 Å². The van der Waals surface area contributed by atoms with Gasteiger partial charge in [-0.15, -0.1) is 0 Å². The number of amides is 1. The smallest absolute Gasteiger partial charge is 0.258 e. The van der Waals surface area contributed by atoms with Crippen molar-refractivity contribution in [2.75, 3.05) is 13.2 Å². The molecule has 0 aliphatic carbocycles. The third-order valence-corrected chi connectivity index (χ3v) is 5.29. The highest BCUT2D eigenvalue weighted by Gasteiger charge is 2.21. The van der Waals surface area contributed by atoms with E-state index in [0.717, 1.165) is 30.6 Å². The topological polar surface area (TPSA) is 73.3 Å². The monoisotopic (exact) mass is 417 g/mol. The molecule has 1 aromatic heterocycles. The van der Waals surface area contributed by atoms with Crippen LogP contribution in [0, 0.1) is 0 Å². The number of nitrogens with one attached hydrogen (secondary N) is 1. The van der Waals surface area contributed by atoms with Gasteiger partial charge in [0, 0.05) is 24.9 Å². The molecule has 1 aliphatic heterocycles. The first kappa shape index (κ1) is 21.0. The van der Waals surface area contributed by atoms with Gasteiger partial charge in [-0.25, -0.2) is 4.98 Å². The maximum absolute atomic E-state index is 13.0. The van der Waals surface area contributed by atoms with Crippen molar-refractivity contribution >= 4 is 5.91 Å². The van der Waals surface area contributed by atoms with Crippen LogP contribution in [0.3, 0.4) is 0 Å². The quantitative estimate of drug-likeness (QED) is 0.588. The van der Waals surface area contributed by atoms with E-state index in [1.54, 1.807) is 0 Å². The Morgan fingerprint density at radius 3 is 2.68 bits per heavy atom. The average Bonchev–Trinajstić information content (AvgIpc) is 3.32. The van der Waals surface area contributed by atoms with Gasteiger partial charge in [-0.05, 0) is 30.4 Å². The minimum atomic E-state index is -0.271. The van der Waals surface area contributed by atoms with Crippen molar-refractivity contribution in [3.05, 3.63) is 71.9 Å². The number of hydrogen-bond acceptors (Lipinski definition) is 5. The number of nitrogens with zero attached hydrogens (tertiary/aromatic N) is 2. The summed E-state index contributed by atoms with van der Waals surface area (Å²) in [7, 11) is 0. The standard InChI is InChI=1S/C25H27N3O3/c1-17(2)20-12-6-7-13-22(20)31-25-21(24(29)27-15-19-11-8-14-30-19)16-26-23(28-25)18-9-4-3-5-10-18/h3-7,9-10,12-13,16-17,19H,8,11,14-15H2,1-2H3,(H,27,29). The summed E-state index contributed by atoms with van der Waals surface area (Å²) in [6.45, 7) is 5.41. The van der Waals surface area contributed by atoms with Crippen LogP contribution in [0.4, 0.5) is 0 Å². The van der Waals surface area contributed by atoms with E-state index in [2.05, 4.69) is 29.1 Å². The van der Waals surface area contributed by atoms with Gasteiger partial charge in [0.25, 0.3) is 5.91 Å². The Hall–Kier alpha value is -3.25. The number of ether oxygens (including phenoxy) is 2. The lowest BCUT2D eigenvalue weighted by Crippen LogP contribution is -2.32. The maximum Gasteiger partial charge on any atom is 0.258 e.